The van der Waals surface area contributed by atoms with E-state index in [9.17, 15) is 14.0 Å². The van der Waals surface area contributed by atoms with Crippen molar-refractivity contribution in [3.05, 3.63) is 57.5 Å². The van der Waals surface area contributed by atoms with Gasteiger partial charge in [-0.05, 0) is 54.0 Å². The minimum absolute atomic E-state index is 0.0119. The molecule has 31 heavy (non-hydrogen) atoms. The molecule has 1 unspecified atom stereocenters. The number of fused-ring (bicyclic) bond motifs is 1. The molecule has 0 saturated carbocycles. The molecule has 0 radical (unpaired) electrons. The van der Waals surface area contributed by atoms with Gasteiger partial charge in [0, 0.05) is 38.1 Å². The van der Waals surface area contributed by atoms with Crippen molar-refractivity contribution >= 4 is 23.2 Å². The Morgan fingerprint density at radius 1 is 1.23 bits per heavy atom. The first-order valence-corrected chi connectivity index (χ1v) is 11.8. The lowest BCUT2D eigenvalue weighted by Crippen LogP contribution is -2.47. The van der Waals surface area contributed by atoms with E-state index in [1.807, 2.05) is 17.2 Å². The summed E-state index contributed by atoms with van der Waals surface area (Å²) in [5, 5.41) is 2.04. The van der Waals surface area contributed by atoms with Crippen LogP contribution in [-0.4, -0.2) is 55.0 Å². The topological polar surface area (TPSA) is 49.9 Å². The van der Waals surface area contributed by atoms with Crippen molar-refractivity contribution in [1.29, 1.82) is 0 Å². The predicted molar refractivity (Wildman–Crippen MR) is 121 cm³/mol. The molecular weight excluding hydrogens is 415 g/mol. The van der Waals surface area contributed by atoms with Gasteiger partial charge < -0.3 is 14.5 Å². The number of thiophene rings is 1. The highest BCUT2D eigenvalue weighted by molar-refractivity contribution is 7.10. The third kappa shape index (κ3) is 5.92. The highest BCUT2D eigenvalue weighted by Crippen LogP contribution is 2.37. The van der Waals surface area contributed by atoms with Crippen LogP contribution in [0.15, 0.2) is 35.7 Å². The highest BCUT2D eigenvalue weighted by Gasteiger charge is 2.33. The lowest BCUT2D eigenvalue weighted by Gasteiger charge is -2.37. The summed E-state index contributed by atoms with van der Waals surface area (Å²) in [7, 11) is 1.63. The third-order valence-electron chi connectivity index (χ3n) is 5.67. The normalized spacial score (nSPS) is 15.6. The molecule has 0 spiro atoms. The van der Waals surface area contributed by atoms with E-state index in [0.717, 1.165) is 30.4 Å². The van der Waals surface area contributed by atoms with Crippen LogP contribution >= 0.6 is 11.3 Å². The molecule has 7 heteroatoms. The number of carbonyl (C=O) groups excluding carboxylic acids is 2. The van der Waals surface area contributed by atoms with Crippen LogP contribution in [0.25, 0.3) is 0 Å². The van der Waals surface area contributed by atoms with Crippen molar-refractivity contribution in [3.8, 4) is 0 Å². The van der Waals surface area contributed by atoms with Crippen LogP contribution in [0.4, 0.5) is 4.39 Å². The van der Waals surface area contributed by atoms with Gasteiger partial charge in [0.1, 0.15) is 5.82 Å². The smallest absolute Gasteiger partial charge is 0.242 e. The van der Waals surface area contributed by atoms with E-state index in [0.29, 0.717) is 32.5 Å². The Kier molecular flexibility index (Phi) is 8.60. The monoisotopic (exact) mass is 446 g/mol. The first kappa shape index (κ1) is 23.4. The second kappa shape index (κ2) is 11.4. The number of benzene rings is 1. The van der Waals surface area contributed by atoms with Crippen LogP contribution in [-0.2, 0) is 20.7 Å². The average molecular weight is 447 g/mol. The summed E-state index contributed by atoms with van der Waals surface area (Å²) in [5.74, 6) is -0.361. The number of nitrogens with zero attached hydrogens (tertiary/aromatic N) is 2. The van der Waals surface area contributed by atoms with Gasteiger partial charge in [0.2, 0.25) is 11.8 Å². The van der Waals surface area contributed by atoms with Gasteiger partial charge in [0.15, 0.2) is 0 Å². The highest BCUT2D eigenvalue weighted by atomic mass is 32.1. The zero-order chi connectivity index (χ0) is 22.2. The van der Waals surface area contributed by atoms with Crippen molar-refractivity contribution in [3.63, 3.8) is 0 Å². The van der Waals surface area contributed by atoms with E-state index in [4.69, 9.17) is 4.74 Å². The van der Waals surface area contributed by atoms with Crippen LogP contribution in [0.5, 0.6) is 0 Å². The molecule has 1 aromatic heterocycles. The number of hydrogen-bond acceptors (Lipinski definition) is 4. The molecule has 1 aliphatic rings. The number of methoxy groups -OCH3 is 1. The standard InChI is InChI=1S/C24H31FN2O3S/c1-3-4-6-22(28)26(13-5-15-30-2)17-23(29)27-14-11-21-20(12-16-31-21)24(27)18-7-9-19(25)10-8-18/h7-10,12,16,24H,3-6,11,13-15,17H2,1-2H3. The summed E-state index contributed by atoms with van der Waals surface area (Å²) in [6.07, 6.45) is 3.69. The fourth-order valence-electron chi connectivity index (χ4n) is 4.02. The van der Waals surface area contributed by atoms with Crippen LogP contribution < -0.4 is 0 Å². The number of ether oxygens (including phenoxy) is 1. The fraction of sp³-hybridized carbons (Fsp3) is 0.500. The number of hydrogen-bond donors (Lipinski definition) is 0. The van der Waals surface area contributed by atoms with Crippen LogP contribution in [0.2, 0.25) is 0 Å². The largest absolute Gasteiger partial charge is 0.385 e. The van der Waals surface area contributed by atoms with Crippen molar-refractivity contribution < 1.29 is 18.7 Å². The van der Waals surface area contributed by atoms with E-state index in [1.54, 1.807) is 35.5 Å². The Labute approximate surface area is 187 Å². The molecular formula is C24H31FN2O3S. The number of carbonyl (C=O) groups is 2. The molecule has 3 rings (SSSR count). The van der Waals surface area contributed by atoms with E-state index < -0.39 is 0 Å². The van der Waals surface area contributed by atoms with Gasteiger partial charge in [-0.1, -0.05) is 25.5 Å². The summed E-state index contributed by atoms with van der Waals surface area (Å²) < 4.78 is 18.6. The van der Waals surface area contributed by atoms with E-state index in [1.165, 1.54) is 17.0 Å². The Morgan fingerprint density at radius 2 is 2.00 bits per heavy atom. The summed E-state index contributed by atoms with van der Waals surface area (Å²) >= 11 is 1.69. The molecule has 0 aliphatic carbocycles. The Morgan fingerprint density at radius 3 is 2.71 bits per heavy atom. The summed E-state index contributed by atoms with van der Waals surface area (Å²) in [5.41, 5.74) is 1.98. The lowest BCUT2D eigenvalue weighted by atomic mass is 9.93. The minimum atomic E-state index is -0.297. The molecule has 168 valence electrons. The van der Waals surface area contributed by atoms with Crippen molar-refractivity contribution in [1.82, 2.24) is 9.80 Å². The van der Waals surface area contributed by atoms with E-state index >= 15 is 0 Å². The SMILES string of the molecule is CCCCC(=O)N(CCCOC)CC(=O)N1CCc2sccc2C1c1ccc(F)cc1. The van der Waals surface area contributed by atoms with Gasteiger partial charge in [-0.15, -0.1) is 11.3 Å². The van der Waals surface area contributed by atoms with Gasteiger partial charge in [-0.25, -0.2) is 4.39 Å². The molecule has 0 fully saturated rings. The number of amides is 2. The maximum absolute atomic E-state index is 13.5. The van der Waals surface area contributed by atoms with Crippen molar-refractivity contribution in [2.45, 2.75) is 45.1 Å². The maximum atomic E-state index is 13.5. The van der Waals surface area contributed by atoms with E-state index in [-0.39, 0.29) is 30.2 Å². The first-order chi connectivity index (χ1) is 15.0. The maximum Gasteiger partial charge on any atom is 0.242 e. The van der Waals surface area contributed by atoms with Gasteiger partial charge in [-0.2, -0.15) is 0 Å². The zero-order valence-electron chi connectivity index (χ0n) is 18.3. The van der Waals surface area contributed by atoms with Crippen LogP contribution in [0.3, 0.4) is 0 Å². The minimum Gasteiger partial charge on any atom is -0.385 e. The van der Waals surface area contributed by atoms with Gasteiger partial charge in [0.05, 0.1) is 12.6 Å². The first-order valence-electron chi connectivity index (χ1n) is 10.9. The molecule has 5 nitrogen and oxygen atoms in total. The number of halogens is 1. The second-order valence-corrected chi connectivity index (χ2v) is 8.86. The quantitative estimate of drug-likeness (QED) is 0.508. The molecule has 0 saturated heterocycles. The summed E-state index contributed by atoms with van der Waals surface area (Å²) in [6.45, 7) is 3.74. The van der Waals surface area contributed by atoms with Crippen LogP contribution in [0.1, 0.15) is 54.7 Å². The Hall–Kier alpha value is -2.25. The third-order valence-corrected chi connectivity index (χ3v) is 6.67. The zero-order valence-corrected chi connectivity index (χ0v) is 19.1. The van der Waals surface area contributed by atoms with Crippen molar-refractivity contribution in [2.24, 2.45) is 0 Å². The molecule has 1 aromatic carbocycles. The molecule has 2 aromatic rings. The lowest BCUT2D eigenvalue weighted by molar-refractivity contribution is -0.142. The van der Waals surface area contributed by atoms with Gasteiger partial charge >= 0.3 is 0 Å². The molecule has 2 amide bonds. The Bertz CT molecular complexity index is 868. The number of unbranched alkanes of at least 4 members (excludes halogenated alkanes) is 1. The van der Waals surface area contributed by atoms with Crippen molar-refractivity contribution in [2.75, 3.05) is 33.4 Å². The number of rotatable bonds is 10. The molecule has 2 heterocycles. The average Bonchev–Trinajstić information content (AvgIpc) is 3.25. The molecule has 1 aliphatic heterocycles. The van der Waals surface area contributed by atoms with Gasteiger partial charge in [-0.3, -0.25) is 9.59 Å². The summed E-state index contributed by atoms with van der Waals surface area (Å²) in [4.78, 5) is 30.9. The predicted octanol–water partition coefficient (Wildman–Crippen LogP) is 4.42. The van der Waals surface area contributed by atoms with Gasteiger partial charge in [0.25, 0.3) is 0 Å². The molecule has 1 atom stereocenters. The van der Waals surface area contributed by atoms with Crippen LogP contribution in [0, 0.1) is 5.82 Å². The molecule has 0 N–H and O–H groups in total. The second-order valence-electron chi connectivity index (χ2n) is 7.86. The Balaban J connectivity index is 1.81. The van der Waals surface area contributed by atoms with E-state index in [2.05, 4.69) is 6.07 Å². The summed E-state index contributed by atoms with van der Waals surface area (Å²) in [6, 6.07) is 8.16. The fourth-order valence-corrected chi connectivity index (χ4v) is 4.93. The molecule has 0 bridgehead atoms.